The topological polar surface area (TPSA) is 109 Å². The van der Waals surface area contributed by atoms with Gasteiger partial charge >= 0.3 is 5.69 Å². The molecule has 2 aliphatic rings. The first-order chi connectivity index (χ1) is 9.82. The highest BCUT2D eigenvalue weighted by atomic mass is 19.1. The highest BCUT2D eigenvalue weighted by Gasteiger charge is 2.55. The van der Waals surface area contributed by atoms with Gasteiger partial charge in [-0.15, -0.1) is 0 Å². The first kappa shape index (κ1) is 14.4. The van der Waals surface area contributed by atoms with Gasteiger partial charge in [0.25, 0.3) is 0 Å². The molecule has 0 radical (unpaired) electrons. The summed E-state index contributed by atoms with van der Waals surface area (Å²) in [5.41, 5.74) is 4.50. The Morgan fingerprint density at radius 2 is 2.14 bits per heavy atom. The third kappa shape index (κ3) is 2.31. The van der Waals surface area contributed by atoms with Gasteiger partial charge < -0.3 is 25.1 Å². The molecule has 3 heterocycles. The van der Waals surface area contributed by atoms with E-state index in [1.54, 1.807) is 13.8 Å². The van der Waals surface area contributed by atoms with Gasteiger partial charge in [-0.05, 0) is 13.8 Å². The Hall–Kier alpha value is -1.55. The van der Waals surface area contributed by atoms with Gasteiger partial charge in [0.05, 0.1) is 12.8 Å². The van der Waals surface area contributed by atoms with Crippen LogP contribution in [0.2, 0.25) is 0 Å². The van der Waals surface area contributed by atoms with E-state index in [2.05, 4.69) is 4.98 Å². The number of hydrogen-bond acceptors (Lipinski definition) is 7. The zero-order valence-electron chi connectivity index (χ0n) is 11.5. The van der Waals surface area contributed by atoms with Gasteiger partial charge in [-0.25, -0.2) is 9.18 Å². The van der Waals surface area contributed by atoms with Crippen molar-refractivity contribution in [2.24, 2.45) is 0 Å². The summed E-state index contributed by atoms with van der Waals surface area (Å²) in [5.74, 6) is -2.19. The summed E-state index contributed by atoms with van der Waals surface area (Å²) < 4.78 is 31.4. The van der Waals surface area contributed by atoms with Crippen LogP contribution in [0, 0.1) is 5.82 Å². The summed E-state index contributed by atoms with van der Waals surface area (Å²) in [6, 6.07) is 0. The van der Waals surface area contributed by atoms with E-state index in [4.69, 9.17) is 19.9 Å². The Labute approximate surface area is 119 Å². The second-order valence-electron chi connectivity index (χ2n) is 5.48. The standard InChI is InChI=1S/C12H16FN3O5/c1-12(2)20-7-6(4-17)19-10(8(7)21-12)16-3-5(13)9(14)15-11(16)18/h3,6-8,10,17H,4H2,1-2H3,(H2,14,15,18)/t6-,7+,8-,10-/m1/s1. The molecular weight excluding hydrogens is 285 g/mol. The van der Waals surface area contributed by atoms with Crippen LogP contribution in [-0.4, -0.2) is 45.4 Å². The first-order valence-electron chi connectivity index (χ1n) is 6.48. The fraction of sp³-hybridized carbons (Fsp3) is 0.667. The molecule has 0 aliphatic carbocycles. The summed E-state index contributed by atoms with van der Waals surface area (Å²) >= 11 is 0. The van der Waals surface area contributed by atoms with Crippen molar-refractivity contribution < 1.29 is 23.7 Å². The lowest BCUT2D eigenvalue weighted by Crippen LogP contribution is -2.35. The maximum Gasteiger partial charge on any atom is 0.351 e. The molecule has 0 spiro atoms. The van der Waals surface area contributed by atoms with Crippen LogP contribution in [-0.2, 0) is 14.2 Å². The van der Waals surface area contributed by atoms with Crippen molar-refractivity contribution in [2.45, 2.75) is 44.2 Å². The van der Waals surface area contributed by atoms with Gasteiger partial charge in [-0.3, -0.25) is 4.57 Å². The van der Waals surface area contributed by atoms with E-state index in [-0.39, 0.29) is 6.61 Å². The SMILES string of the molecule is CC1(C)O[C@@H]2[C@@H](O1)[C@@H](CO)O[C@H]2n1cc(F)c(N)nc1=O. The molecule has 1 aromatic heterocycles. The zero-order valence-corrected chi connectivity index (χ0v) is 11.5. The minimum atomic E-state index is -0.941. The lowest BCUT2D eigenvalue weighted by atomic mass is 10.1. The molecule has 0 unspecified atom stereocenters. The molecule has 3 N–H and O–H groups in total. The van der Waals surface area contributed by atoms with Gasteiger partial charge in [-0.2, -0.15) is 4.98 Å². The van der Waals surface area contributed by atoms with Crippen LogP contribution in [0.15, 0.2) is 11.0 Å². The van der Waals surface area contributed by atoms with E-state index < -0.39 is 47.7 Å². The number of nitrogens with zero attached hydrogens (tertiary/aromatic N) is 2. The smallest absolute Gasteiger partial charge is 0.351 e. The summed E-state index contributed by atoms with van der Waals surface area (Å²) in [6.07, 6.45) is -1.90. The van der Waals surface area contributed by atoms with Crippen molar-refractivity contribution in [3.05, 3.63) is 22.5 Å². The minimum absolute atomic E-state index is 0.309. The number of aromatic nitrogens is 2. The van der Waals surface area contributed by atoms with Crippen LogP contribution in [0.5, 0.6) is 0 Å². The maximum atomic E-state index is 13.6. The lowest BCUT2D eigenvalue weighted by molar-refractivity contribution is -0.200. The Morgan fingerprint density at radius 1 is 1.48 bits per heavy atom. The molecule has 2 saturated heterocycles. The van der Waals surface area contributed by atoms with E-state index in [1.165, 1.54) is 0 Å². The largest absolute Gasteiger partial charge is 0.394 e. The molecule has 2 fully saturated rings. The number of fused-ring (bicyclic) bond motifs is 1. The minimum Gasteiger partial charge on any atom is -0.394 e. The molecule has 0 saturated carbocycles. The van der Waals surface area contributed by atoms with E-state index in [1.807, 2.05) is 0 Å². The number of aliphatic hydroxyl groups is 1. The van der Waals surface area contributed by atoms with Crippen molar-refractivity contribution in [1.29, 1.82) is 0 Å². The average molecular weight is 301 g/mol. The number of nitrogen functional groups attached to an aromatic ring is 1. The van der Waals surface area contributed by atoms with Gasteiger partial charge in [0.1, 0.15) is 18.3 Å². The molecule has 0 bridgehead atoms. The summed E-state index contributed by atoms with van der Waals surface area (Å²) in [7, 11) is 0. The monoisotopic (exact) mass is 301 g/mol. The maximum absolute atomic E-state index is 13.6. The number of rotatable bonds is 2. The van der Waals surface area contributed by atoms with Gasteiger partial charge in [0, 0.05) is 0 Å². The van der Waals surface area contributed by atoms with Crippen molar-refractivity contribution in [2.75, 3.05) is 12.3 Å². The summed E-state index contributed by atoms with van der Waals surface area (Å²) in [5, 5.41) is 9.36. The lowest BCUT2D eigenvalue weighted by Gasteiger charge is -2.24. The molecule has 9 heteroatoms. The third-order valence-electron chi connectivity index (χ3n) is 3.51. The fourth-order valence-electron chi connectivity index (χ4n) is 2.67. The molecular formula is C12H16FN3O5. The van der Waals surface area contributed by atoms with Gasteiger partial charge in [0.15, 0.2) is 23.7 Å². The normalized spacial score (nSPS) is 34.1. The summed E-state index contributed by atoms with van der Waals surface area (Å²) in [4.78, 5) is 15.3. The van der Waals surface area contributed by atoms with Gasteiger partial charge in [0.2, 0.25) is 0 Å². The summed E-state index contributed by atoms with van der Waals surface area (Å²) in [6.45, 7) is 3.11. The fourth-order valence-corrected chi connectivity index (χ4v) is 2.67. The molecule has 1 aromatic rings. The van der Waals surface area contributed by atoms with Crippen LogP contribution in [0.25, 0.3) is 0 Å². The van der Waals surface area contributed by atoms with Gasteiger partial charge in [-0.1, -0.05) is 0 Å². The molecule has 0 aromatic carbocycles. The average Bonchev–Trinajstić information content (AvgIpc) is 2.87. The predicted molar refractivity (Wildman–Crippen MR) is 67.7 cm³/mol. The van der Waals surface area contributed by atoms with Crippen LogP contribution in [0.1, 0.15) is 20.1 Å². The Morgan fingerprint density at radius 3 is 2.81 bits per heavy atom. The Kier molecular flexibility index (Phi) is 3.24. The number of aliphatic hydroxyl groups excluding tert-OH is 1. The molecule has 3 rings (SSSR count). The number of anilines is 1. The molecule has 4 atom stereocenters. The van der Waals surface area contributed by atoms with Crippen molar-refractivity contribution in [3.63, 3.8) is 0 Å². The molecule has 116 valence electrons. The number of hydrogen-bond donors (Lipinski definition) is 2. The van der Waals surface area contributed by atoms with E-state index in [0.29, 0.717) is 0 Å². The van der Waals surface area contributed by atoms with E-state index in [0.717, 1.165) is 10.8 Å². The molecule has 0 amide bonds. The number of halogens is 1. The molecule has 8 nitrogen and oxygen atoms in total. The van der Waals surface area contributed by atoms with Crippen molar-refractivity contribution >= 4 is 5.82 Å². The molecule has 21 heavy (non-hydrogen) atoms. The van der Waals surface area contributed by atoms with Crippen molar-refractivity contribution in [1.82, 2.24) is 9.55 Å². The number of nitrogens with two attached hydrogens (primary N) is 1. The van der Waals surface area contributed by atoms with E-state index in [9.17, 15) is 14.3 Å². The zero-order chi connectivity index (χ0) is 15.4. The van der Waals surface area contributed by atoms with Crippen molar-refractivity contribution in [3.8, 4) is 0 Å². The Bertz CT molecular complexity index is 619. The third-order valence-corrected chi connectivity index (χ3v) is 3.51. The predicted octanol–water partition coefficient (Wildman–Crippen LogP) is -0.626. The first-order valence-corrected chi connectivity index (χ1v) is 6.48. The second-order valence-corrected chi connectivity index (χ2v) is 5.48. The van der Waals surface area contributed by atoms with E-state index >= 15 is 0 Å². The Balaban J connectivity index is 1.99. The van der Waals surface area contributed by atoms with Crippen LogP contribution >= 0.6 is 0 Å². The second kappa shape index (κ2) is 4.73. The highest BCUT2D eigenvalue weighted by molar-refractivity contribution is 5.26. The quantitative estimate of drug-likeness (QED) is 0.749. The van der Waals surface area contributed by atoms with Crippen LogP contribution in [0.4, 0.5) is 10.2 Å². The number of ether oxygens (including phenoxy) is 3. The van der Waals surface area contributed by atoms with Crippen LogP contribution in [0.3, 0.4) is 0 Å². The van der Waals surface area contributed by atoms with Crippen LogP contribution < -0.4 is 11.4 Å². The molecule has 2 aliphatic heterocycles. The highest BCUT2D eigenvalue weighted by Crippen LogP contribution is 2.42.